The molecule has 0 aliphatic heterocycles. The molecule has 0 radical (unpaired) electrons. The van der Waals surface area contributed by atoms with E-state index in [4.69, 9.17) is 4.74 Å². The number of hydrogen-bond donors (Lipinski definition) is 0. The molecule has 0 fully saturated rings. The number of nitriles is 1. The summed E-state index contributed by atoms with van der Waals surface area (Å²) >= 11 is 0. The second-order valence-corrected chi connectivity index (χ2v) is 3.73. The van der Waals surface area contributed by atoms with Crippen LogP contribution in [0.3, 0.4) is 0 Å². The van der Waals surface area contributed by atoms with Gasteiger partial charge in [-0.25, -0.2) is 0 Å². The Morgan fingerprint density at radius 1 is 1.44 bits per heavy atom. The number of esters is 1. The van der Waals surface area contributed by atoms with Crippen molar-refractivity contribution in [2.75, 3.05) is 6.61 Å². The van der Waals surface area contributed by atoms with E-state index in [1.807, 2.05) is 6.92 Å². The molecule has 0 aliphatic carbocycles. The van der Waals surface area contributed by atoms with Gasteiger partial charge in [-0.05, 0) is 24.5 Å². The number of aryl methyl sites for hydroxylation is 1. The van der Waals surface area contributed by atoms with Crippen LogP contribution in [0.5, 0.6) is 0 Å². The summed E-state index contributed by atoms with van der Waals surface area (Å²) < 4.78 is 4.85. The lowest BCUT2D eigenvalue weighted by atomic mass is 9.94. The number of carbonyl (C=O) groups excluding carboxylic acids is 2. The first-order valence-corrected chi connectivity index (χ1v) is 5.83. The van der Waals surface area contributed by atoms with Crippen LogP contribution in [0.15, 0.2) is 12.1 Å². The maximum absolute atomic E-state index is 11.5. The van der Waals surface area contributed by atoms with Crippen molar-refractivity contribution >= 4 is 12.3 Å². The Morgan fingerprint density at radius 3 is 2.67 bits per heavy atom. The molecular formula is C14H15NO3. The molecular weight excluding hydrogens is 230 g/mol. The number of aldehydes is 1. The molecule has 0 spiro atoms. The molecule has 94 valence electrons. The third-order valence-electron chi connectivity index (χ3n) is 2.68. The number of hydrogen-bond acceptors (Lipinski definition) is 4. The predicted molar refractivity (Wildman–Crippen MR) is 66.3 cm³/mol. The first-order valence-electron chi connectivity index (χ1n) is 5.83. The van der Waals surface area contributed by atoms with E-state index in [-0.39, 0.29) is 13.0 Å². The number of carbonyl (C=O) groups is 2. The van der Waals surface area contributed by atoms with Gasteiger partial charge in [0.1, 0.15) is 6.29 Å². The van der Waals surface area contributed by atoms with Crippen LogP contribution >= 0.6 is 0 Å². The molecule has 0 saturated carbocycles. The minimum atomic E-state index is -0.426. The Balaban J connectivity index is 3.25. The molecule has 18 heavy (non-hydrogen) atoms. The highest BCUT2D eigenvalue weighted by Gasteiger charge is 2.15. The van der Waals surface area contributed by atoms with Crippen molar-refractivity contribution in [2.45, 2.75) is 26.7 Å². The van der Waals surface area contributed by atoms with Gasteiger partial charge in [-0.3, -0.25) is 9.59 Å². The van der Waals surface area contributed by atoms with Crippen molar-refractivity contribution in [3.63, 3.8) is 0 Å². The smallest absolute Gasteiger partial charge is 0.310 e. The summed E-state index contributed by atoms with van der Waals surface area (Å²) in [5, 5.41) is 9.18. The largest absolute Gasteiger partial charge is 0.466 e. The van der Waals surface area contributed by atoms with Gasteiger partial charge < -0.3 is 4.74 Å². The Labute approximate surface area is 106 Å². The van der Waals surface area contributed by atoms with Gasteiger partial charge in [0.2, 0.25) is 0 Å². The number of benzene rings is 1. The van der Waals surface area contributed by atoms with Crippen LogP contribution in [0.25, 0.3) is 0 Å². The quantitative estimate of drug-likeness (QED) is 0.588. The average molecular weight is 245 g/mol. The average Bonchev–Trinajstić information content (AvgIpc) is 2.38. The van der Waals surface area contributed by atoms with Crippen molar-refractivity contribution in [1.82, 2.24) is 0 Å². The molecule has 0 heterocycles. The van der Waals surface area contributed by atoms with E-state index in [9.17, 15) is 14.9 Å². The fraction of sp³-hybridized carbons (Fsp3) is 0.357. The maximum Gasteiger partial charge on any atom is 0.310 e. The molecule has 0 aromatic heterocycles. The lowest BCUT2D eigenvalue weighted by Gasteiger charge is -2.10. The Bertz CT molecular complexity index is 500. The van der Waals surface area contributed by atoms with E-state index in [1.54, 1.807) is 19.1 Å². The van der Waals surface area contributed by atoms with E-state index in [1.165, 1.54) is 0 Å². The molecule has 0 atom stereocenters. The van der Waals surface area contributed by atoms with Gasteiger partial charge >= 0.3 is 5.97 Å². The summed E-state index contributed by atoms with van der Waals surface area (Å²) in [6.07, 6.45) is 1.30. The minimum absolute atomic E-state index is 0.0430. The second kappa shape index (κ2) is 6.55. The Morgan fingerprint density at radius 2 is 2.17 bits per heavy atom. The van der Waals surface area contributed by atoms with Gasteiger partial charge in [-0.2, -0.15) is 5.26 Å². The molecule has 0 bridgehead atoms. The topological polar surface area (TPSA) is 67.2 Å². The predicted octanol–water partition coefficient (Wildman–Crippen LogP) is 2.04. The lowest BCUT2D eigenvalue weighted by molar-refractivity contribution is -0.142. The first-order chi connectivity index (χ1) is 8.67. The zero-order chi connectivity index (χ0) is 13.5. The second-order valence-electron chi connectivity index (χ2n) is 3.73. The monoisotopic (exact) mass is 245 g/mol. The molecule has 0 amide bonds. The molecule has 0 aliphatic rings. The highest BCUT2D eigenvalue weighted by Crippen LogP contribution is 2.19. The zero-order valence-electron chi connectivity index (χ0n) is 10.5. The van der Waals surface area contributed by atoms with Gasteiger partial charge in [0, 0.05) is 5.56 Å². The SMILES string of the molecule is CCOC(=O)Cc1c(C=O)ccc(CC)c1C#N. The zero-order valence-corrected chi connectivity index (χ0v) is 10.5. The van der Waals surface area contributed by atoms with Gasteiger partial charge in [-0.15, -0.1) is 0 Å². The van der Waals surface area contributed by atoms with Crippen LogP contribution in [-0.2, 0) is 22.4 Å². The molecule has 1 aromatic carbocycles. The lowest BCUT2D eigenvalue weighted by Crippen LogP contribution is -2.11. The summed E-state index contributed by atoms with van der Waals surface area (Å²) in [7, 11) is 0. The van der Waals surface area contributed by atoms with Crippen LogP contribution in [0.4, 0.5) is 0 Å². The molecule has 0 saturated heterocycles. The summed E-state index contributed by atoms with van der Waals surface area (Å²) in [5.41, 5.74) is 2.08. The van der Waals surface area contributed by atoms with Crippen molar-refractivity contribution in [1.29, 1.82) is 5.26 Å². The third-order valence-corrected chi connectivity index (χ3v) is 2.68. The van der Waals surface area contributed by atoms with E-state index in [0.29, 0.717) is 29.4 Å². The molecule has 4 nitrogen and oxygen atoms in total. The summed E-state index contributed by atoms with van der Waals surface area (Å²) in [6.45, 7) is 3.92. The number of ether oxygens (including phenoxy) is 1. The van der Waals surface area contributed by atoms with Crippen LogP contribution in [-0.4, -0.2) is 18.9 Å². The van der Waals surface area contributed by atoms with Crippen molar-refractivity contribution in [3.8, 4) is 6.07 Å². The van der Waals surface area contributed by atoms with Crippen molar-refractivity contribution in [2.24, 2.45) is 0 Å². The highest BCUT2D eigenvalue weighted by atomic mass is 16.5. The molecule has 0 N–H and O–H groups in total. The van der Waals surface area contributed by atoms with E-state index < -0.39 is 5.97 Å². The fourth-order valence-corrected chi connectivity index (χ4v) is 1.80. The van der Waals surface area contributed by atoms with Gasteiger partial charge in [0.25, 0.3) is 0 Å². The minimum Gasteiger partial charge on any atom is -0.466 e. The Kier molecular flexibility index (Phi) is 5.06. The fourth-order valence-electron chi connectivity index (χ4n) is 1.80. The molecule has 0 unspecified atom stereocenters. The number of rotatable bonds is 5. The summed E-state index contributed by atoms with van der Waals surface area (Å²) in [4.78, 5) is 22.5. The van der Waals surface area contributed by atoms with Gasteiger partial charge in [0.15, 0.2) is 0 Å². The van der Waals surface area contributed by atoms with Crippen molar-refractivity contribution in [3.05, 3.63) is 34.4 Å². The highest BCUT2D eigenvalue weighted by molar-refractivity contribution is 5.83. The maximum atomic E-state index is 11.5. The molecule has 4 heteroatoms. The van der Waals surface area contributed by atoms with Crippen LogP contribution < -0.4 is 0 Å². The molecule has 1 rings (SSSR count). The van der Waals surface area contributed by atoms with Gasteiger partial charge in [0.05, 0.1) is 24.7 Å². The van der Waals surface area contributed by atoms with E-state index in [0.717, 1.165) is 5.56 Å². The Hall–Kier alpha value is -2.15. The summed E-state index contributed by atoms with van der Waals surface area (Å²) in [6, 6.07) is 5.46. The summed E-state index contributed by atoms with van der Waals surface area (Å²) in [5.74, 6) is -0.426. The van der Waals surface area contributed by atoms with Crippen LogP contribution in [0, 0.1) is 11.3 Å². The number of nitrogens with zero attached hydrogens (tertiary/aromatic N) is 1. The van der Waals surface area contributed by atoms with E-state index in [2.05, 4.69) is 6.07 Å². The first kappa shape index (κ1) is 13.9. The van der Waals surface area contributed by atoms with Crippen molar-refractivity contribution < 1.29 is 14.3 Å². The normalized spacial score (nSPS) is 9.61. The standard InChI is InChI=1S/C14H15NO3/c1-3-10-5-6-11(9-16)12(13(10)8-15)7-14(17)18-4-2/h5-6,9H,3-4,7H2,1-2H3. The van der Waals surface area contributed by atoms with E-state index >= 15 is 0 Å². The van der Waals surface area contributed by atoms with Gasteiger partial charge in [-0.1, -0.05) is 19.1 Å². The van der Waals surface area contributed by atoms with Crippen LogP contribution in [0.1, 0.15) is 40.9 Å². The van der Waals surface area contributed by atoms with Crippen LogP contribution in [0.2, 0.25) is 0 Å². The molecule has 1 aromatic rings. The third kappa shape index (κ3) is 2.95.